The Balaban J connectivity index is 2.36. The third kappa shape index (κ3) is 2.77. The topological polar surface area (TPSA) is 96.6 Å². The number of carbonyl (C=O) groups is 1. The van der Waals surface area contributed by atoms with Crippen LogP contribution in [0, 0.1) is 6.92 Å². The average molecular weight is 315 g/mol. The molecule has 0 fully saturated rings. The van der Waals surface area contributed by atoms with E-state index in [0.29, 0.717) is 11.3 Å². The van der Waals surface area contributed by atoms with Gasteiger partial charge in [0.05, 0.1) is 12.3 Å². The molecule has 0 spiro atoms. The molecular formula is C12H13NO5S2. The maximum Gasteiger partial charge on any atom is 0.347 e. The lowest BCUT2D eigenvalue weighted by atomic mass is 10.3. The van der Waals surface area contributed by atoms with Crippen LogP contribution in [0.2, 0.25) is 0 Å². The fourth-order valence-electron chi connectivity index (χ4n) is 1.80. The van der Waals surface area contributed by atoms with E-state index in [4.69, 9.17) is 9.52 Å². The molecule has 2 aromatic heterocycles. The third-order valence-electron chi connectivity index (χ3n) is 2.68. The first-order chi connectivity index (χ1) is 9.33. The second-order valence-corrected chi connectivity index (χ2v) is 6.77. The van der Waals surface area contributed by atoms with E-state index in [9.17, 15) is 13.2 Å². The lowest BCUT2D eigenvalue weighted by Crippen LogP contribution is -2.28. The highest BCUT2D eigenvalue weighted by Crippen LogP contribution is 2.28. The van der Waals surface area contributed by atoms with E-state index in [-0.39, 0.29) is 9.77 Å². The summed E-state index contributed by atoms with van der Waals surface area (Å²) in [4.78, 5) is 10.7. The molecule has 2 heterocycles. The number of aromatic carboxylic acids is 1. The summed E-state index contributed by atoms with van der Waals surface area (Å²) in [6.07, 6.45) is 1.44. The maximum absolute atomic E-state index is 12.3. The minimum Gasteiger partial charge on any atom is -0.477 e. The standard InChI is InChI=1S/C12H13NO5S2/c1-7-6-19-10(12(14)15)11(7)20(16,17)13-8(2)9-4-3-5-18-9/h3-6,8,13H,1-2H3,(H,14,15)/t8-/m1/s1. The Kier molecular flexibility index (Phi) is 3.98. The Morgan fingerprint density at radius 1 is 1.50 bits per heavy atom. The highest BCUT2D eigenvalue weighted by atomic mass is 32.2. The highest BCUT2D eigenvalue weighted by Gasteiger charge is 2.28. The van der Waals surface area contributed by atoms with Crippen LogP contribution in [0.5, 0.6) is 0 Å². The van der Waals surface area contributed by atoms with Gasteiger partial charge >= 0.3 is 5.97 Å². The second-order valence-electron chi connectivity index (χ2n) is 4.24. The monoisotopic (exact) mass is 315 g/mol. The predicted molar refractivity (Wildman–Crippen MR) is 73.5 cm³/mol. The summed E-state index contributed by atoms with van der Waals surface area (Å²) in [5.41, 5.74) is 0.409. The normalized spacial score (nSPS) is 13.3. The molecule has 108 valence electrons. The van der Waals surface area contributed by atoms with Gasteiger partial charge in [0, 0.05) is 0 Å². The van der Waals surface area contributed by atoms with Gasteiger partial charge in [-0.25, -0.2) is 17.9 Å². The summed E-state index contributed by atoms with van der Waals surface area (Å²) in [6, 6.07) is 2.71. The molecule has 0 aliphatic rings. The smallest absolute Gasteiger partial charge is 0.347 e. The van der Waals surface area contributed by atoms with Crippen molar-refractivity contribution in [3.63, 3.8) is 0 Å². The van der Waals surface area contributed by atoms with E-state index in [1.807, 2.05) is 0 Å². The molecule has 0 radical (unpaired) electrons. The minimum atomic E-state index is -3.93. The number of nitrogens with one attached hydrogen (secondary N) is 1. The molecule has 0 amide bonds. The van der Waals surface area contributed by atoms with Crippen molar-refractivity contribution in [2.75, 3.05) is 0 Å². The Labute approximate surface area is 120 Å². The fraction of sp³-hybridized carbons (Fsp3) is 0.250. The van der Waals surface area contributed by atoms with Crippen LogP contribution in [0.1, 0.15) is 34.0 Å². The first kappa shape index (κ1) is 14.8. The van der Waals surface area contributed by atoms with Crippen LogP contribution in [0.3, 0.4) is 0 Å². The zero-order chi connectivity index (χ0) is 14.9. The number of hydrogen-bond acceptors (Lipinski definition) is 5. The Morgan fingerprint density at radius 2 is 2.20 bits per heavy atom. The van der Waals surface area contributed by atoms with Gasteiger partial charge in [-0.3, -0.25) is 0 Å². The van der Waals surface area contributed by atoms with E-state index < -0.39 is 22.0 Å². The van der Waals surface area contributed by atoms with Gasteiger partial charge in [0.1, 0.15) is 15.5 Å². The van der Waals surface area contributed by atoms with Crippen LogP contribution in [-0.4, -0.2) is 19.5 Å². The third-order valence-corrected chi connectivity index (χ3v) is 5.63. The number of carboxylic acid groups (broad SMARTS) is 1. The summed E-state index contributed by atoms with van der Waals surface area (Å²) < 4.78 is 32.2. The first-order valence-electron chi connectivity index (χ1n) is 5.70. The second kappa shape index (κ2) is 5.39. The van der Waals surface area contributed by atoms with Gasteiger partial charge in [-0.2, -0.15) is 0 Å². The van der Waals surface area contributed by atoms with Crippen molar-refractivity contribution in [1.82, 2.24) is 4.72 Å². The van der Waals surface area contributed by atoms with Crippen LogP contribution in [0.25, 0.3) is 0 Å². The van der Waals surface area contributed by atoms with Crippen molar-refractivity contribution in [3.05, 3.63) is 40.0 Å². The van der Waals surface area contributed by atoms with Crippen LogP contribution in [-0.2, 0) is 10.0 Å². The number of furan rings is 1. The van der Waals surface area contributed by atoms with E-state index in [0.717, 1.165) is 11.3 Å². The molecule has 2 N–H and O–H groups in total. The van der Waals surface area contributed by atoms with Crippen molar-refractivity contribution >= 4 is 27.3 Å². The van der Waals surface area contributed by atoms with Crippen molar-refractivity contribution < 1.29 is 22.7 Å². The largest absolute Gasteiger partial charge is 0.477 e. The van der Waals surface area contributed by atoms with Crippen LogP contribution in [0.4, 0.5) is 0 Å². The van der Waals surface area contributed by atoms with E-state index in [1.54, 1.807) is 26.0 Å². The molecule has 6 nitrogen and oxygen atoms in total. The number of rotatable bonds is 5. The summed E-state index contributed by atoms with van der Waals surface area (Å²) >= 11 is 0.894. The van der Waals surface area contributed by atoms with Crippen molar-refractivity contribution in [2.45, 2.75) is 24.8 Å². The molecule has 8 heteroatoms. The molecule has 0 aromatic carbocycles. The Bertz CT molecular complexity index is 715. The molecule has 0 saturated heterocycles. The molecule has 0 aliphatic carbocycles. The number of aryl methyl sites for hydroxylation is 1. The molecular weight excluding hydrogens is 302 g/mol. The molecule has 0 unspecified atom stereocenters. The van der Waals surface area contributed by atoms with Crippen LogP contribution in [0.15, 0.2) is 33.1 Å². The molecule has 1 atom stereocenters. The minimum absolute atomic E-state index is 0.187. The van der Waals surface area contributed by atoms with Gasteiger partial charge in [-0.1, -0.05) is 0 Å². The Morgan fingerprint density at radius 3 is 2.75 bits per heavy atom. The highest BCUT2D eigenvalue weighted by molar-refractivity contribution is 7.89. The SMILES string of the molecule is Cc1csc(C(=O)O)c1S(=O)(=O)N[C@H](C)c1ccco1. The summed E-state index contributed by atoms with van der Waals surface area (Å²) in [5.74, 6) is -0.799. The number of thiophene rings is 1. The van der Waals surface area contributed by atoms with Gasteiger partial charge in [-0.15, -0.1) is 11.3 Å². The van der Waals surface area contributed by atoms with Gasteiger partial charge in [0.2, 0.25) is 10.0 Å². The van der Waals surface area contributed by atoms with Crippen molar-refractivity contribution in [1.29, 1.82) is 0 Å². The lowest BCUT2D eigenvalue weighted by molar-refractivity contribution is 0.0698. The zero-order valence-corrected chi connectivity index (χ0v) is 12.4. The summed E-state index contributed by atoms with van der Waals surface area (Å²) in [7, 11) is -3.93. The average Bonchev–Trinajstić information content (AvgIpc) is 2.96. The predicted octanol–water partition coefficient (Wildman–Crippen LogP) is 2.39. The summed E-state index contributed by atoms with van der Waals surface area (Å²) in [5, 5.41) is 10.6. The molecule has 0 saturated carbocycles. The van der Waals surface area contributed by atoms with Crippen molar-refractivity contribution in [2.24, 2.45) is 0 Å². The number of sulfonamides is 1. The van der Waals surface area contributed by atoms with Gasteiger partial charge in [0.25, 0.3) is 0 Å². The molecule has 2 rings (SSSR count). The van der Waals surface area contributed by atoms with Crippen LogP contribution < -0.4 is 4.72 Å². The lowest BCUT2D eigenvalue weighted by Gasteiger charge is -2.12. The first-order valence-corrected chi connectivity index (χ1v) is 8.06. The molecule has 20 heavy (non-hydrogen) atoms. The van der Waals surface area contributed by atoms with E-state index in [1.165, 1.54) is 11.6 Å². The van der Waals surface area contributed by atoms with E-state index in [2.05, 4.69) is 4.72 Å². The zero-order valence-electron chi connectivity index (χ0n) is 10.8. The van der Waals surface area contributed by atoms with E-state index >= 15 is 0 Å². The van der Waals surface area contributed by atoms with Gasteiger partial charge in [0.15, 0.2) is 0 Å². The molecule has 0 aliphatic heterocycles. The quantitative estimate of drug-likeness (QED) is 0.883. The van der Waals surface area contributed by atoms with Crippen molar-refractivity contribution in [3.8, 4) is 0 Å². The molecule has 0 bridgehead atoms. The maximum atomic E-state index is 12.3. The number of hydrogen-bond donors (Lipinski definition) is 2. The van der Waals surface area contributed by atoms with Gasteiger partial charge < -0.3 is 9.52 Å². The van der Waals surface area contributed by atoms with Crippen LogP contribution >= 0.6 is 11.3 Å². The Hall–Kier alpha value is -1.64. The number of carboxylic acids is 1. The van der Waals surface area contributed by atoms with Gasteiger partial charge in [-0.05, 0) is 36.9 Å². The molecule has 2 aromatic rings. The fourth-order valence-corrected chi connectivity index (χ4v) is 4.65. The summed E-state index contributed by atoms with van der Waals surface area (Å²) in [6.45, 7) is 3.19.